The maximum absolute atomic E-state index is 12.3. The third kappa shape index (κ3) is 3.14. The second kappa shape index (κ2) is 5.58. The Labute approximate surface area is 129 Å². The number of hydrogen-bond donors (Lipinski definition) is 2. The van der Waals surface area contributed by atoms with Gasteiger partial charge in [-0.2, -0.15) is 0 Å². The molecule has 0 unspecified atom stereocenters. The molecule has 0 aliphatic carbocycles. The number of fused-ring (bicyclic) bond motifs is 1. The first-order chi connectivity index (χ1) is 10.0. The van der Waals surface area contributed by atoms with Crippen molar-refractivity contribution in [3.63, 3.8) is 0 Å². The summed E-state index contributed by atoms with van der Waals surface area (Å²) in [4.78, 5) is 0.153. The van der Waals surface area contributed by atoms with E-state index in [0.717, 1.165) is 25.1 Å². The minimum absolute atomic E-state index is 0.153. The summed E-state index contributed by atoms with van der Waals surface area (Å²) < 4.78 is 27.2. The average Bonchev–Trinajstić information content (AvgIpc) is 2.47. The molecule has 4 nitrogen and oxygen atoms in total. The first-order valence-corrected chi connectivity index (χ1v) is 8.56. The predicted molar refractivity (Wildman–Crippen MR) is 85.5 cm³/mol. The van der Waals surface area contributed by atoms with Gasteiger partial charge in [0.15, 0.2) is 0 Å². The Kier molecular flexibility index (Phi) is 3.78. The van der Waals surface area contributed by atoms with E-state index in [1.54, 1.807) is 18.2 Å². The van der Waals surface area contributed by atoms with Crippen LogP contribution in [0.15, 0.2) is 47.4 Å². The van der Waals surface area contributed by atoms with Crippen LogP contribution in [-0.2, 0) is 16.4 Å². The molecule has 2 N–H and O–H groups in total. The number of nitrogens with one attached hydrogen (secondary N) is 2. The van der Waals surface area contributed by atoms with E-state index in [4.69, 9.17) is 11.6 Å². The molecule has 3 rings (SSSR count). The lowest BCUT2D eigenvalue weighted by atomic mass is 10.0. The quantitative estimate of drug-likeness (QED) is 0.909. The number of benzene rings is 2. The van der Waals surface area contributed by atoms with Gasteiger partial charge in [-0.15, -0.1) is 0 Å². The topological polar surface area (TPSA) is 58.2 Å². The van der Waals surface area contributed by atoms with Crippen LogP contribution in [0.4, 0.5) is 11.4 Å². The molecule has 2 aromatic rings. The van der Waals surface area contributed by atoms with Gasteiger partial charge in [0.25, 0.3) is 10.0 Å². The summed E-state index contributed by atoms with van der Waals surface area (Å²) >= 11 is 5.85. The van der Waals surface area contributed by atoms with E-state index in [1.165, 1.54) is 17.7 Å². The first-order valence-electron chi connectivity index (χ1n) is 6.70. The molecule has 0 atom stereocenters. The van der Waals surface area contributed by atoms with Crippen molar-refractivity contribution in [2.24, 2.45) is 0 Å². The number of hydrogen-bond acceptors (Lipinski definition) is 3. The smallest absolute Gasteiger partial charge is 0.261 e. The molecule has 0 bridgehead atoms. The lowest BCUT2D eigenvalue weighted by Gasteiger charge is -2.19. The van der Waals surface area contributed by atoms with Crippen molar-refractivity contribution in [2.75, 3.05) is 16.6 Å². The SMILES string of the molecule is O=S(=O)(Nc1ccc2c(c1)NCCC2)c1cccc(Cl)c1. The third-order valence-electron chi connectivity index (χ3n) is 3.41. The summed E-state index contributed by atoms with van der Waals surface area (Å²) in [6.45, 7) is 0.914. The molecule has 0 spiro atoms. The second-order valence-corrected chi connectivity index (χ2v) is 7.08. The van der Waals surface area contributed by atoms with Crippen LogP contribution >= 0.6 is 11.6 Å². The highest BCUT2D eigenvalue weighted by Gasteiger charge is 2.16. The molecule has 0 aromatic heterocycles. The van der Waals surface area contributed by atoms with Gasteiger partial charge < -0.3 is 5.32 Å². The van der Waals surface area contributed by atoms with Gasteiger partial charge in [-0.1, -0.05) is 23.7 Å². The fourth-order valence-electron chi connectivity index (χ4n) is 2.37. The molecule has 0 saturated carbocycles. The molecule has 1 aliphatic heterocycles. The van der Waals surface area contributed by atoms with E-state index in [2.05, 4.69) is 10.0 Å². The van der Waals surface area contributed by atoms with Crippen molar-refractivity contribution in [2.45, 2.75) is 17.7 Å². The summed E-state index contributed by atoms with van der Waals surface area (Å²) in [7, 11) is -3.62. The fraction of sp³-hybridized carbons (Fsp3) is 0.200. The standard InChI is InChI=1S/C15H15ClN2O2S/c16-12-4-1-5-14(9-12)21(19,20)18-13-7-6-11-3-2-8-17-15(11)10-13/h1,4-7,9-10,17-18H,2-3,8H2. The zero-order valence-corrected chi connectivity index (χ0v) is 12.8. The van der Waals surface area contributed by atoms with E-state index in [0.29, 0.717) is 10.7 Å². The van der Waals surface area contributed by atoms with Gasteiger partial charge in [-0.3, -0.25) is 4.72 Å². The Morgan fingerprint density at radius 2 is 2.00 bits per heavy atom. The van der Waals surface area contributed by atoms with E-state index >= 15 is 0 Å². The van der Waals surface area contributed by atoms with E-state index in [9.17, 15) is 8.42 Å². The normalized spacial score (nSPS) is 14.1. The van der Waals surface area contributed by atoms with Gasteiger partial charge in [0.2, 0.25) is 0 Å². The van der Waals surface area contributed by atoms with E-state index < -0.39 is 10.0 Å². The Morgan fingerprint density at radius 1 is 1.14 bits per heavy atom. The zero-order chi connectivity index (χ0) is 14.9. The summed E-state index contributed by atoms with van der Waals surface area (Å²) in [5.74, 6) is 0. The molecule has 6 heteroatoms. The number of halogens is 1. The minimum Gasteiger partial charge on any atom is -0.385 e. The summed E-state index contributed by atoms with van der Waals surface area (Å²) in [6, 6.07) is 11.8. The van der Waals surface area contributed by atoms with Crippen molar-refractivity contribution < 1.29 is 8.42 Å². The van der Waals surface area contributed by atoms with Crippen molar-refractivity contribution in [1.29, 1.82) is 0 Å². The van der Waals surface area contributed by atoms with Crippen LogP contribution < -0.4 is 10.0 Å². The van der Waals surface area contributed by atoms with Crippen molar-refractivity contribution in [3.8, 4) is 0 Å². The number of sulfonamides is 1. The lowest BCUT2D eigenvalue weighted by molar-refractivity contribution is 0.601. The fourth-order valence-corrected chi connectivity index (χ4v) is 3.72. The second-order valence-electron chi connectivity index (χ2n) is 4.97. The highest BCUT2D eigenvalue weighted by atomic mass is 35.5. The Bertz CT molecular complexity index is 775. The van der Waals surface area contributed by atoms with Crippen molar-refractivity contribution in [3.05, 3.63) is 53.1 Å². The van der Waals surface area contributed by atoms with Crippen molar-refractivity contribution in [1.82, 2.24) is 0 Å². The van der Waals surface area contributed by atoms with Gasteiger partial charge >= 0.3 is 0 Å². The first kappa shape index (κ1) is 14.2. The van der Waals surface area contributed by atoms with Gasteiger partial charge in [0.05, 0.1) is 10.6 Å². The van der Waals surface area contributed by atoms with Crippen LogP contribution in [0.1, 0.15) is 12.0 Å². The Balaban J connectivity index is 1.89. The van der Waals surface area contributed by atoms with Gasteiger partial charge in [-0.25, -0.2) is 8.42 Å². The van der Waals surface area contributed by atoms with Crippen LogP contribution in [-0.4, -0.2) is 15.0 Å². The van der Waals surface area contributed by atoms with Crippen LogP contribution in [0.3, 0.4) is 0 Å². The highest BCUT2D eigenvalue weighted by molar-refractivity contribution is 7.92. The van der Waals surface area contributed by atoms with E-state index in [-0.39, 0.29) is 4.90 Å². The number of aryl methyl sites for hydroxylation is 1. The maximum Gasteiger partial charge on any atom is 0.261 e. The Hall–Kier alpha value is -1.72. The molecule has 2 aromatic carbocycles. The minimum atomic E-state index is -3.62. The predicted octanol–water partition coefficient (Wildman–Crippen LogP) is 3.50. The monoisotopic (exact) mass is 322 g/mol. The van der Waals surface area contributed by atoms with Crippen LogP contribution in [0.5, 0.6) is 0 Å². The number of anilines is 2. The average molecular weight is 323 g/mol. The van der Waals surface area contributed by atoms with Gasteiger partial charge in [-0.05, 0) is 48.7 Å². The molecule has 0 amide bonds. The molecule has 0 fully saturated rings. The molecule has 0 radical (unpaired) electrons. The summed E-state index contributed by atoms with van der Waals surface area (Å²) in [5, 5.41) is 3.68. The summed E-state index contributed by atoms with van der Waals surface area (Å²) in [5.41, 5.74) is 2.75. The molecule has 1 heterocycles. The van der Waals surface area contributed by atoms with Crippen LogP contribution in [0.2, 0.25) is 5.02 Å². The molecule has 1 aliphatic rings. The van der Waals surface area contributed by atoms with Gasteiger partial charge in [0.1, 0.15) is 0 Å². The molecular weight excluding hydrogens is 308 g/mol. The lowest BCUT2D eigenvalue weighted by Crippen LogP contribution is -2.15. The number of rotatable bonds is 3. The summed E-state index contributed by atoms with van der Waals surface area (Å²) in [6.07, 6.45) is 2.12. The molecule has 21 heavy (non-hydrogen) atoms. The maximum atomic E-state index is 12.3. The Morgan fingerprint density at radius 3 is 2.81 bits per heavy atom. The van der Waals surface area contributed by atoms with E-state index in [1.807, 2.05) is 12.1 Å². The molecule has 110 valence electrons. The van der Waals surface area contributed by atoms with Crippen molar-refractivity contribution >= 4 is 33.0 Å². The molecular formula is C15H15ClN2O2S. The largest absolute Gasteiger partial charge is 0.385 e. The molecule has 0 saturated heterocycles. The van der Waals surface area contributed by atoms with Crippen LogP contribution in [0, 0.1) is 0 Å². The zero-order valence-electron chi connectivity index (χ0n) is 11.3. The highest BCUT2D eigenvalue weighted by Crippen LogP contribution is 2.27. The van der Waals surface area contributed by atoms with Crippen LogP contribution in [0.25, 0.3) is 0 Å². The third-order valence-corrected chi connectivity index (χ3v) is 5.02. The van der Waals surface area contributed by atoms with Gasteiger partial charge in [0, 0.05) is 17.3 Å².